The zero-order chi connectivity index (χ0) is 16.9. The van der Waals surface area contributed by atoms with Gasteiger partial charge in [0.1, 0.15) is 0 Å². The summed E-state index contributed by atoms with van der Waals surface area (Å²) < 4.78 is 5.04. The molecule has 0 aliphatic heterocycles. The molecule has 0 bridgehead atoms. The van der Waals surface area contributed by atoms with Crippen molar-refractivity contribution < 1.29 is 14.0 Å². The van der Waals surface area contributed by atoms with Gasteiger partial charge in [-0.25, -0.2) is 4.98 Å². The first kappa shape index (κ1) is 15.9. The molecular formula is C17H15N3O3S. The van der Waals surface area contributed by atoms with E-state index < -0.39 is 0 Å². The zero-order valence-electron chi connectivity index (χ0n) is 12.9. The highest BCUT2D eigenvalue weighted by molar-refractivity contribution is 7.14. The van der Waals surface area contributed by atoms with Gasteiger partial charge < -0.3 is 9.73 Å². The summed E-state index contributed by atoms with van der Waals surface area (Å²) in [4.78, 5) is 27.7. The maximum atomic E-state index is 11.9. The Balaban J connectivity index is 1.69. The van der Waals surface area contributed by atoms with Gasteiger partial charge in [-0.2, -0.15) is 0 Å². The molecule has 0 spiro atoms. The SMILES string of the molecule is CCC(=O)Nc1ccc(-c2csc(NC(=O)c3ccco3)n2)cc1. The summed E-state index contributed by atoms with van der Waals surface area (Å²) in [6.45, 7) is 1.80. The maximum absolute atomic E-state index is 11.9. The Bertz CT molecular complexity index is 838. The normalized spacial score (nSPS) is 10.4. The summed E-state index contributed by atoms with van der Waals surface area (Å²) in [6, 6.07) is 10.6. The number of thiazole rings is 1. The topological polar surface area (TPSA) is 84.2 Å². The number of carbonyl (C=O) groups is 2. The fourth-order valence-corrected chi connectivity index (χ4v) is 2.72. The van der Waals surface area contributed by atoms with E-state index in [1.807, 2.05) is 29.6 Å². The standard InChI is InChI=1S/C17H15N3O3S/c1-2-15(21)18-12-7-5-11(6-8-12)13-10-24-17(19-13)20-16(22)14-4-3-9-23-14/h3-10H,2H2,1H3,(H,18,21)(H,19,20,22). The second-order valence-corrected chi connectivity index (χ2v) is 5.81. The molecule has 6 nitrogen and oxygen atoms in total. The Morgan fingerprint density at radius 1 is 1.17 bits per heavy atom. The summed E-state index contributed by atoms with van der Waals surface area (Å²) >= 11 is 1.33. The van der Waals surface area contributed by atoms with Crippen molar-refractivity contribution >= 4 is 34.0 Å². The third-order valence-electron chi connectivity index (χ3n) is 3.26. The molecule has 0 aliphatic carbocycles. The van der Waals surface area contributed by atoms with Crippen LogP contribution in [-0.2, 0) is 4.79 Å². The first-order chi connectivity index (χ1) is 11.7. The van der Waals surface area contributed by atoms with Crippen molar-refractivity contribution in [1.82, 2.24) is 4.98 Å². The number of nitrogens with one attached hydrogen (secondary N) is 2. The molecule has 2 aromatic heterocycles. The van der Waals surface area contributed by atoms with Gasteiger partial charge >= 0.3 is 0 Å². The minimum atomic E-state index is -0.335. The fraction of sp³-hybridized carbons (Fsp3) is 0.118. The van der Waals surface area contributed by atoms with Gasteiger partial charge in [0.05, 0.1) is 12.0 Å². The molecule has 7 heteroatoms. The molecule has 0 radical (unpaired) electrons. The minimum absolute atomic E-state index is 0.0284. The van der Waals surface area contributed by atoms with E-state index in [4.69, 9.17) is 4.42 Å². The highest BCUT2D eigenvalue weighted by Crippen LogP contribution is 2.26. The number of anilines is 2. The quantitative estimate of drug-likeness (QED) is 0.734. The van der Waals surface area contributed by atoms with Crippen LogP contribution in [0.2, 0.25) is 0 Å². The molecule has 0 fully saturated rings. The third-order valence-corrected chi connectivity index (χ3v) is 4.01. The van der Waals surface area contributed by atoms with Crippen molar-refractivity contribution in [3.8, 4) is 11.3 Å². The van der Waals surface area contributed by atoms with Gasteiger partial charge in [0.15, 0.2) is 10.9 Å². The van der Waals surface area contributed by atoms with Crippen LogP contribution in [0.15, 0.2) is 52.5 Å². The monoisotopic (exact) mass is 341 g/mol. The lowest BCUT2D eigenvalue weighted by molar-refractivity contribution is -0.115. The molecule has 3 aromatic rings. The Morgan fingerprint density at radius 2 is 1.96 bits per heavy atom. The number of hydrogen-bond acceptors (Lipinski definition) is 5. The van der Waals surface area contributed by atoms with Crippen molar-refractivity contribution in [2.24, 2.45) is 0 Å². The third kappa shape index (κ3) is 3.69. The van der Waals surface area contributed by atoms with Crippen LogP contribution in [0.3, 0.4) is 0 Å². The van der Waals surface area contributed by atoms with E-state index >= 15 is 0 Å². The van der Waals surface area contributed by atoms with E-state index in [9.17, 15) is 9.59 Å². The molecule has 2 amide bonds. The maximum Gasteiger partial charge on any atom is 0.293 e. The lowest BCUT2D eigenvalue weighted by atomic mass is 10.1. The predicted octanol–water partition coefficient (Wildman–Crippen LogP) is 4.00. The van der Waals surface area contributed by atoms with Gasteiger partial charge in [0.25, 0.3) is 5.91 Å². The van der Waals surface area contributed by atoms with E-state index in [2.05, 4.69) is 15.6 Å². The van der Waals surface area contributed by atoms with Crippen molar-refractivity contribution in [1.29, 1.82) is 0 Å². The Hall–Kier alpha value is -2.93. The summed E-state index contributed by atoms with van der Waals surface area (Å²) in [5.41, 5.74) is 2.40. The van der Waals surface area contributed by atoms with Crippen molar-refractivity contribution in [3.63, 3.8) is 0 Å². The smallest absolute Gasteiger partial charge is 0.293 e. The highest BCUT2D eigenvalue weighted by atomic mass is 32.1. The molecule has 0 saturated carbocycles. The molecule has 3 rings (SSSR count). The van der Waals surface area contributed by atoms with E-state index in [-0.39, 0.29) is 17.6 Å². The molecule has 1 aromatic carbocycles. The first-order valence-corrected chi connectivity index (χ1v) is 8.24. The van der Waals surface area contributed by atoms with Crippen LogP contribution in [-0.4, -0.2) is 16.8 Å². The minimum Gasteiger partial charge on any atom is -0.459 e. The summed E-state index contributed by atoms with van der Waals surface area (Å²) in [5, 5.41) is 7.84. The summed E-state index contributed by atoms with van der Waals surface area (Å²) in [6.07, 6.45) is 1.88. The average Bonchev–Trinajstić information content (AvgIpc) is 3.27. The Labute approximate surface area is 142 Å². The molecule has 0 aliphatic rings. The van der Waals surface area contributed by atoms with E-state index in [0.717, 1.165) is 16.9 Å². The van der Waals surface area contributed by atoms with Gasteiger partial charge in [-0.15, -0.1) is 11.3 Å². The van der Waals surface area contributed by atoms with Crippen molar-refractivity contribution in [2.75, 3.05) is 10.6 Å². The molecule has 0 saturated heterocycles. The molecule has 0 unspecified atom stereocenters. The van der Waals surface area contributed by atoms with Crippen LogP contribution in [0.1, 0.15) is 23.9 Å². The summed E-state index contributed by atoms with van der Waals surface area (Å²) in [5.74, 6) is -0.124. The molecule has 122 valence electrons. The molecule has 0 atom stereocenters. The van der Waals surface area contributed by atoms with Crippen LogP contribution < -0.4 is 10.6 Å². The average molecular weight is 341 g/mol. The van der Waals surface area contributed by atoms with Gasteiger partial charge in [0.2, 0.25) is 5.91 Å². The van der Waals surface area contributed by atoms with Crippen molar-refractivity contribution in [2.45, 2.75) is 13.3 Å². The number of furan rings is 1. The zero-order valence-corrected chi connectivity index (χ0v) is 13.7. The highest BCUT2D eigenvalue weighted by Gasteiger charge is 2.12. The number of rotatable bonds is 5. The molecule has 24 heavy (non-hydrogen) atoms. The number of nitrogens with zero attached hydrogens (tertiary/aromatic N) is 1. The second kappa shape index (κ2) is 7.10. The fourth-order valence-electron chi connectivity index (χ4n) is 2.00. The van der Waals surface area contributed by atoms with Crippen LogP contribution in [0.5, 0.6) is 0 Å². The lowest BCUT2D eigenvalue weighted by Crippen LogP contribution is -2.10. The number of hydrogen-bond donors (Lipinski definition) is 2. The largest absolute Gasteiger partial charge is 0.459 e. The molecular weight excluding hydrogens is 326 g/mol. The molecule has 2 heterocycles. The van der Waals surface area contributed by atoms with Gasteiger partial charge in [0, 0.05) is 23.1 Å². The van der Waals surface area contributed by atoms with Crippen LogP contribution in [0.25, 0.3) is 11.3 Å². The predicted molar refractivity (Wildman–Crippen MR) is 93.1 cm³/mol. The lowest BCUT2D eigenvalue weighted by Gasteiger charge is -2.04. The number of aromatic nitrogens is 1. The van der Waals surface area contributed by atoms with E-state index in [0.29, 0.717) is 11.6 Å². The Morgan fingerprint density at radius 3 is 2.62 bits per heavy atom. The van der Waals surface area contributed by atoms with Gasteiger partial charge in [-0.05, 0) is 24.3 Å². The second-order valence-electron chi connectivity index (χ2n) is 4.95. The molecule has 2 N–H and O–H groups in total. The van der Waals surface area contributed by atoms with Crippen molar-refractivity contribution in [3.05, 3.63) is 53.8 Å². The van der Waals surface area contributed by atoms with Gasteiger partial charge in [-0.3, -0.25) is 14.9 Å². The van der Waals surface area contributed by atoms with Gasteiger partial charge in [-0.1, -0.05) is 19.1 Å². The number of amides is 2. The number of carbonyl (C=O) groups excluding carboxylic acids is 2. The Kier molecular flexibility index (Phi) is 4.72. The summed E-state index contributed by atoms with van der Waals surface area (Å²) in [7, 11) is 0. The van der Waals surface area contributed by atoms with Crippen LogP contribution >= 0.6 is 11.3 Å². The van der Waals surface area contributed by atoms with E-state index in [1.54, 1.807) is 19.1 Å². The van der Waals surface area contributed by atoms with Crippen LogP contribution in [0, 0.1) is 0 Å². The first-order valence-electron chi connectivity index (χ1n) is 7.36. The van der Waals surface area contributed by atoms with E-state index in [1.165, 1.54) is 17.6 Å². The number of benzene rings is 1. The van der Waals surface area contributed by atoms with Crippen LogP contribution in [0.4, 0.5) is 10.8 Å².